The molecule has 0 amide bonds. The van der Waals surface area contributed by atoms with E-state index in [0.717, 1.165) is 10.0 Å². The number of nitrogens with zero attached hydrogens (tertiary/aromatic N) is 3. The predicted molar refractivity (Wildman–Crippen MR) is 81.4 cm³/mol. The van der Waals surface area contributed by atoms with Crippen molar-refractivity contribution in [1.29, 1.82) is 0 Å². The first-order valence-electron chi connectivity index (χ1n) is 6.08. The van der Waals surface area contributed by atoms with Gasteiger partial charge in [-0.2, -0.15) is 4.98 Å². The Kier molecular flexibility index (Phi) is 4.69. The van der Waals surface area contributed by atoms with Crippen molar-refractivity contribution >= 4 is 27.4 Å². The van der Waals surface area contributed by atoms with Gasteiger partial charge in [0.15, 0.2) is 0 Å². The summed E-state index contributed by atoms with van der Waals surface area (Å²) in [5, 5.41) is 14.2. The lowest BCUT2D eigenvalue weighted by Crippen LogP contribution is -2.11. The van der Waals surface area contributed by atoms with Gasteiger partial charge in [0.05, 0.1) is 18.1 Å². The van der Waals surface area contributed by atoms with Gasteiger partial charge < -0.3 is 10.1 Å². The van der Waals surface area contributed by atoms with Crippen molar-refractivity contribution in [2.45, 2.75) is 13.0 Å². The third kappa shape index (κ3) is 3.46. The Morgan fingerprint density at radius 1 is 1.43 bits per heavy atom. The van der Waals surface area contributed by atoms with Crippen LogP contribution >= 0.6 is 15.9 Å². The lowest BCUT2D eigenvalue weighted by Gasteiger charge is -2.15. The third-order valence-electron chi connectivity index (χ3n) is 2.87. The molecule has 0 saturated carbocycles. The van der Waals surface area contributed by atoms with E-state index in [-0.39, 0.29) is 23.4 Å². The summed E-state index contributed by atoms with van der Waals surface area (Å²) in [7, 11) is 1.33. The molecule has 8 heteroatoms. The highest BCUT2D eigenvalue weighted by Gasteiger charge is 2.25. The van der Waals surface area contributed by atoms with Crippen LogP contribution in [0, 0.1) is 10.1 Å². The number of benzene rings is 1. The van der Waals surface area contributed by atoms with Crippen molar-refractivity contribution in [3.8, 4) is 5.88 Å². The maximum absolute atomic E-state index is 11.2. The molecule has 0 radical (unpaired) electrons. The molecule has 1 atom stereocenters. The lowest BCUT2D eigenvalue weighted by molar-refractivity contribution is -0.385. The first-order valence-corrected chi connectivity index (χ1v) is 6.87. The molecule has 0 aliphatic rings. The molecule has 0 saturated heterocycles. The standard InChI is InChI=1S/C13H13BrN4O3/c1-8(9-4-3-5-10(14)6-9)17-12-11(18(19)20)13(21-2)16-7-15-12/h3-8H,1-2H3,(H,15,16,17). The van der Waals surface area contributed by atoms with Crippen LogP contribution in [-0.4, -0.2) is 22.0 Å². The van der Waals surface area contributed by atoms with Gasteiger partial charge in [0, 0.05) is 4.47 Å². The Labute approximate surface area is 129 Å². The van der Waals surface area contributed by atoms with Crippen molar-refractivity contribution in [3.63, 3.8) is 0 Å². The second-order valence-corrected chi connectivity index (χ2v) is 5.17. The highest BCUT2D eigenvalue weighted by Crippen LogP contribution is 2.32. The van der Waals surface area contributed by atoms with E-state index in [1.54, 1.807) is 0 Å². The molecule has 2 rings (SSSR count). The van der Waals surface area contributed by atoms with Gasteiger partial charge in [0.25, 0.3) is 5.88 Å². The number of anilines is 1. The van der Waals surface area contributed by atoms with Gasteiger partial charge in [-0.15, -0.1) is 0 Å². The van der Waals surface area contributed by atoms with E-state index in [4.69, 9.17) is 4.74 Å². The maximum atomic E-state index is 11.2. The highest BCUT2D eigenvalue weighted by atomic mass is 79.9. The number of methoxy groups -OCH3 is 1. The maximum Gasteiger partial charge on any atom is 0.372 e. The van der Waals surface area contributed by atoms with Gasteiger partial charge in [0.1, 0.15) is 6.33 Å². The minimum Gasteiger partial charge on any atom is -0.476 e. The zero-order chi connectivity index (χ0) is 15.4. The van der Waals surface area contributed by atoms with E-state index >= 15 is 0 Å². The molecule has 0 spiro atoms. The molecule has 0 aliphatic carbocycles. The summed E-state index contributed by atoms with van der Waals surface area (Å²) >= 11 is 3.39. The number of halogens is 1. The second kappa shape index (κ2) is 6.49. The van der Waals surface area contributed by atoms with Gasteiger partial charge in [-0.1, -0.05) is 28.1 Å². The number of rotatable bonds is 5. The van der Waals surface area contributed by atoms with Crippen molar-refractivity contribution in [2.24, 2.45) is 0 Å². The largest absolute Gasteiger partial charge is 0.476 e. The molecule has 0 fully saturated rings. The van der Waals surface area contributed by atoms with Crippen LogP contribution in [0.1, 0.15) is 18.5 Å². The van der Waals surface area contributed by atoms with Crippen LogP contribution in [-0.2, 0) is 0 Å². The van der Waals surface area contributed by atoms with Gasteiger partial charge >= 0.3 is 5.69 Å². The number of hydrogen-bond acceptors (Lipinski definition) is 6. The number of nitro groups is 1. The highest BCUT2D eigenvalue weighted by molar-refractivity contribution is 9.10. The zero-order valence-electron chi connectivity index (χ0n) is 11.4. The van der Waals surface area contributed by atoms with Crippen molar-refractivity contribution in [2.75, 3.05) is 12.4 Å². The van der Waals surface area contributed by atoms with E-state index in [9.17, 15) is 10.1 Å². The van der Waals surface area contributed by atoms with E-state index in [1.165, 1.54) is 13.4 Å². The van der Waals surface area contributed by atoms with E-state index in [2.05, 4.69) is 31.2 Å². The molecule has 21 heavy (non-hydrogen) atoms. The van der Waals surface area contributed by atoms with Crippen LogP contribution in [0.3, 0.4) is 0 Å². The second-order valence-electron chi connectivity index (χ2n) is 4.26. The molecule has 0 aliphatic heterocycles. The first-order chi connectivity index (χ1) is 10.0. The summed E-state index contributed by atoms with van der Waals surface area (Å²) in [5.74, 6) is 0.0540. The molecule has 2 aromatic rings. The fourth-order valence-corrected chi connectivity index (χ4v) is 2.26. The van der Waals surface area contributed by atoms with E-state index < -0.39 is 4.92 Å². The average Bonchev–Trinajstić information content (AvgIpc) is 2.46. The molecule has 1 N–H and O–H groups in total. The topological polar surface area (TPSA) is 90.2 Å². The zero-order valence-corrected chi connectivity index (χ0v) is 13.0. The van der Waals surface area contributed by atoms with Crippen LogP contribution in [0.25, 0.3) is 0 Å². The average molecular weight is 353 g/mol. The lowest BCUT2D eigenvalue weighted by atomic mass is 10.1. The number of aromatic nitrogens is 2. The summed E-state index contributed by atoms with van der Waals surface area (Å²) in [4.78, 5) is 18.3. The molecule has 0 bridgehead atoms. The van der Waals surface area contributed by atoms with Gasteiger partial charge in [-0.05, 0) is 24.6 Å². The fourth-order valence-electron chi connectivity index (χ4n) is 1.85. The molecule has 1 aromatic carbocycles. The fraction of sp³-hybridized carbons (Fsp3) is 0.231. The summed E-state index contributed by atoms with van der Waals surface area (Å²) < 4.78 is 5.85. The van der Waals surface area contributed by atoms with Gasteiger partial charge in [-0.25, -0.2) is 4.98 Å². The van der Waals surface area contributed by atoms with Crippen LogP contribution in [0.4, 0.5) is 11.5 Å². The Morgan fingerprint density at radius 2 is 2.19 bits per heavy atom. The number of ether oxygens (including phenoxy) is 1. The Bertz CT molecular complexity index is 666. The van der Waals surface area contributed by atoms with Crippen LogP contribution in [0.15, 0.2) is 35.1 Å². The van der Waals surface area contributed by atoms with E-state index in [1.807, 2.05) is 31.2 Å². The van der Waals surface area contributed by atoms with Gasteiger partial charge in [-0.3, -0.25) is 10.1 Å². The molecule has 110 valence electrons. The van der Waals surface area contributed by atoms with Crippen molar-refractivity contribution in [1.82, 2.24) is 9.97 Å². The summed E-state index contributed by atoms with van der Waals surface area (Å²) in [6, 6.07) is 7.49. The van der Waals surface area contributed by atoms with Crippen LogP contribution < -0.4 is 10.1 Å². The SMILES string of the molecule is COc1ncnc(NC(C)c2cccc(Br)c2)c1[N+](=O)[O-]. The number of hydrogen-bond donors (Lipinski definition) is 1. The quantitative estimate of drug-likeness (QED) is 0.655. The predicted octanol–water partition coefficient (Wildman–Crippen LogP) is 3.33. The molecule has 7 nitrogen and oxygen atoms in total. The molecule has 1 aromatic heterocycles. The minimum absolute atomic E-state index is 0.0704. The summed E-state index contributed by atoms with van der Waals surface area (Å²) in [6.45, 7) is 1.89. The molecule has 1 unspecified atom stereocenters. The molecular weight excluding hydrogens is 340 g/mol. The third-order valence-corrected chi connectivity index (χ3v) is 3.36. The Hall–Kier alpha value is -2.22. The summed E-state index contributed by atoms with van der Waals surface area (Å²) in [6.07, 6.45) is 1.22. The molecule has 1 heterocycles. The first kappa shape index (κ1) is 15.2. The molecular formula is C13H13BrN4O3. The van der Waals surface area contributed by atoms with Gasteiger partial charge in [0.2, 0.25) is 5.82 Å². The minimum atomic E-state index is -0.561. The summed E-state index contributed by atoms with van der Waals surface area (Å²) in [5.41, 5.74) is 0.693. The van der Waals surface area contributed by atoms with Crippen molar-refractivity contribution in [3.05, 3.63) is 50.7 Å². The normalized spacial score (nSPS) is 11.8. The Balaban J connectivity index is 2.33. The number of nitrogens with one attached hydrogen (secondary N) is 1. The smallest absolute Gasteiger partial charge is 0.372 e. The van der Waals surface area contributed by atoms with E-state index in [0.29, 0.717) is 0 Å². The van der Waals surface area contributed by atoms with Crippen molar-refractivity contribution < 1.29 is 9.66 Å². The van der Waals surface area contributed by atoms with Crippen LogP contribution in [0.5, 0.6) is 5.88 Å². The van der Waals surface area contributed by atoms with Crippen LogP contribution in [0.2, 0.25) is 0 Å². The Morgan fingerprint density at radius 3 is 2.81 bits per heavy atom. The monoisotopic (exact) mass is 352 g/mol.